The summed E-state index contributed by atoms with van der Waals surface area (Å²) in [6, 6.07) is 13.9. The third-order valence-corrected chi connectivity index (χ3v) is 5.49. The minimum absolute atomic E-state index is 0.0333. The highest BCUT2D eigenvalue weighted by Gasteiger charge is 2.58. The summed E-state index contributed by atoms with van der Waals surface area (Å²) in [4.78, 5) is 27.3. The van der Waals surface area contributed by atoms with E-state index in [1.54, 1.807) is 18.2 Å². The van der Waals surface area contributed by atoms with Gasteiger partial charge in [-0.05, 0) is 30.2 Å². The summed E-state index contributed by atoms with van der Waals surface area (Å²) in [6.07, 6.45) is 0. The van der Waals surface area contributed by atoms with E-state index in [4.69, 9.17) is 4.74 Å². The molecule has 3 atom stereocenters. The lowest BCUT2D eigenvalue weighted by Gasteiger charge is -2.24. The predicted molar refractivity (Wildman–Crippen MR) is 102 cm³/mol. The SMILES string of the molecule is CCN1C(=O)[C@@H]2[C@@H](c3ccc(O)c(OC)c3)NN(Cc3ccccc3)[C@H]2C1=O. The van der Waals surface area contributed by atoms with Crippen molar-refractivity contribution in [3.8, 4) is 11.5 Å². The minimum Gasteiger partial charge on any atom is -0.504 e. The normalized spacial score (nSPS) is 24.6. The Kier molecular flexibility index (Phi) is 4.78. The Morgan fingerprint density at radius 2 is 1.86 bits per heavy atom. The summed E-state index contributed by atoms with van der Waals surface area (Å²) >= 11 is 0. The number of carbonyl (C=O) groups excluding carboxylic acids is 2. The van der Waals surface area contributed by atoms with Gasteiger partial charge in [0.15, 0.2) is 11.5 Å². The van der Waals surface area contributed by atoms with Crippen molar-refractivity contribution in [2.75, 3.05) is 13.7 Å². The van der Waals surface area contributed by atoms with Gasteiger partial charge in [0.1, 0.15) is 6.04 Å². The lowest BCUT2D eigenvalue weighted by molar-refractivity contribution is -0.141. The zero-order valence-corrected chi connectivity index (χ0v) is 15.8. The maximum atomic E-state index is 13.0. The van der Waals surface area contributed by atoms with Crippen molar-refractivity contribution in [2.24, 2.45) is 5.92 Å². The summed E-state index contributed by atoms with van der Waals surface area (Å²) in [5, 5.41) is 11.8. The number of nitrogens with one attached hydrogen (secondary N) is 1. The second-order valence-electron chi connectivity index (χ2n) is 7.04. The Morgan fingerprint density at radius 1 is 1.11 bits per heavy atom. The molecule has 2 amide bonds. The highest BCUT2D eigenvalue weighted by molar-refractivity contribution is 6.07. The number of aromatic hydroxyl groups is 1. The predicted octanol–water partition coefficient (Wildman–Crippen LogP) is 1.84. The van der Waals surface area contributed by atoms with Crippen LogP contribution in [0.5, 0.6) is 11.5 Å². The number of likely N-dealkylation sites (tertiary alicyclic amines) is 1. The van der Waals surface area contributed by atoms with Gasteiger partial charge in [0.05, 0.1) is 19.1 Å². The highest BCUT2D eigenvalue weighted by atomic mass is 16.5. The number of imide groups is 1. The number of carbonyl (C=O) groups is 2. The van der Waals surface area contributed by atoms with Crippen molar-refractivity contribution in [3.05, 3.63) is 59.7 Å². The number of rotatable bonds is 5. The Hall–Kier alpha value is -2.90. The van der Waals surface area contributed by atoms with Gasteiger partial charge in [-0.3, -0.25) is 14.5 Å². The van der Waals surface area contributed by atoms with Crippen molar-refractivity contribution in [2.45, 2.75) is 25.6 Å². The number of benzene rings is 2. The summed E-state index contributed by atoms with van der Waals surface area (Å²) in [5.41, 5.74) is 5.20. The number of nitrogens with zero attached hydrogens (tertiary/aromatic N) is 2. The van der Waals surface area contributed by atoms with Crippen LogP contribution >= 0.6 is 0 Å². The summed E-state index contributed by atoms with van der Waals surface area (Å²) < 4.78 is 5.22. The third kappa shape index (κ3) is 2.93. The van der Waals surface area contributed by atoms with E-state index in [1.807, 2.05) is 42.3 Å². The molecule has 0 saturated carbocycles. The molecule has 7 nitrogen and oxygen atoms in total. The maximum Gasteiger partial charge on any atom is 0.248 e. The molecule has 0 radical (unpaired) electrons. The van der Waals surface area contributed by atoms with Crippen LogP contribution in [0.25, 0.3) is 0 Å². The molecular weight excluding hydrogens is 358 g/mol. The number of fused-ring (bicyclic) bond motifs is 1. The van der Waals surface area contributed by atoms with Crippen LogP contribution in [0, 0.1) is 5.92 Å². The number of ether oxygens (including phenoxy) is 1. The molecule has 2 aromatic carbocycles. The molecule has 0 bridgehead atoms. The standard InChI is InChI=1S/C21H23N3O4/c1-3-23-20(26)17-18(14-9-10-15(25)16(11-14)28-2)22-24(19(17)21(23)27)12-13-7-5-4-6-8-13/h4-11,17-19,22,25H,3,12H2,1-2H3/t17-,18-,19-/m1/s1. The first-order chi connectivity index (χ1) is 13.5. The number of phenolic OH excluding ortho intramolecular Hbond substituents is 1. The van der Waals surface area contributed by atoms with E-state index in [9.17, 15) is 14.7 Å². The number of phenols is 1. The van der Waals surface area contributed by atoms with Gasteiger partial charge in [-0.1, -0.05) is 36.4 Å². The van der Waals surface area contributed by atoms with E-state index in [2.05, 4.69) is 5.43 Å². The average Bonchev–Trinajstić information content (AvgIpc) is 3.19. The van der Waals surface area contributed by atoms with Crippen LogP contribution < -0.4 is 10.2 Å². The van der Waals surface area contributed by atoms with E-state index < -0.39 is 12.0 Å². The summed E-state index contributed by atoms with van der Waals surface area (Å²) in [7, 11) is 1.48. The van der Waals surface area contributed by atoms with Gasteiger partial charge < -0.3 is 9.84 Å². The highest BCUT2D eigenvalue weighted by Crippen LogP contribution is 2.42. The lowest BCUT2D eigenvalue weighted by atomic mass is 9.90. The summed E-state index contributed by atoms with van der Waals surface area (Å²) in [5.74, 6) is -0.496. The number of hydrogen-bond donors (Lipinski definition) is 2. The Bertz CT molecular complexity index is 902. The van der Waals surface area contributed by atoms with Crippen molar-refractivity contribution < 1.29 is 19.4 Å². The topological polar surface area (TPSA) is 82.1 Å². The molecule has 2 fully saturated rings. The van der Waals surface area contributed by atoms with Gasteiger partial charge >= 0.3 is 0 Å². The molecule has 2 N–H and O–H groups in total. The molecule has 28 heavy (non-hydrogen) atoms. The quantitative estimate of drug-likeness (QED) is 0.769. The molecule has 2 aliphatic rings. The van der Waals surface area contributed by atoms with E-state index in [1.165, 1.54) is 12.0 Å². The largest absolute Gasteiger partial charge is 0.504 e. The van der Waals surface area contributed by atoms with Gasteiger partial charge in [-0.25, -0.2) is 10.4 Å². The number of hydrogen-bond acceptors (Lipinski definition) is 6. The van der Waals surface area contributed by atoms with Gasteiger partial charge in [-0.15, -0.1) is 0 Å². The first kappa shape index (κ1) is 18.5. The monoisotopic (exact) mass is 381 g/mol. The van der Waals surface area contributed by atoms with E-state index in [0.29, 0.717) is 18.8 Å². The van der Waals surface area contributed by atoms with Crippen molar-refractivity contribution in [1.29, 1.82) is 0 Å². The molecule has 2 heterocycles. The second kappa shape index (κ2) is 7.26. The average molecular weight is 381 g/mol. The number of amides is 2. The molecule has 0 unspecified atom stereocenters. The number of hydrazine groups is 1. The van der Waals surface area contributed by atoms with Crippen molar-refractivity contribution >= 4 is 11.8 Å². The van der Waals surface area contributed by atoms with Crippen LogP contribution in [0.3, 0.4) is 0 Å². The third-order valence-electron chi connectivity index (χ3n) is 5.49. The van der Waals surface area contributed by atoms with Crippen molar-refractivity contribution in [1.82, 2.24) is 15.3 Å². The van der Waals surface area contributed by atoms with Crippen LogP contribution in [-0.2, 0) is 16.1 Å². The van der Waals surface area contributed by atoms with Crippen LogP contribution in [0.2, 0.25) is 0 Å². The molecule has 2 saturated heterocycles. The Balaban J connectivity index is 1.71. The fraction of sp³-hybridized carbons (Fsp3) is 0.333. The van der Waals surface area contributed by atoms with Crippen LogP contribution in [0.4, 0.5) is 0 Å². The van der Waals surface area contributed by atoms with Gasteiger partial charge in [0.2, 0.25) is 11.8 Å². The van der Waals surface area contributed by atoms with E-state index >= 15 is 0 Å². The zero-order valence-electron chi connectivity index (χ0n) is 15.8. The molecule has 2 aliphatic heterocycles. The minimum atomic E-state index is -0.558. The van der Waals surface area contributed by atoms with Crippen LogP contribution in [-0.4, -0.2) is 46.5 Å². The second-order valence-corrected chi connectivity index (χ2v) is 7.04. The van der Waals surface area contributed by atoms with Gasteiger partial charge in [0, 0.05) is 13.1 Å². The fourth-order valence-electron chi connectivity index (χ4n) is 4.13. The van der Waals surface area contributed by atoms with Crippen LogP contribution in [0.1, 0.15) is 24.1 Å². The fourth-order valence-corrected chi connectivity index (χ4v) is 4.13. The Labute approximate surface area is 163 Å². The first-order valence-corrected chi connectivity index (χ1v) is 9.34. The van der Waals surface area contributed by atoms with E-state index in [0.717, 1.165) is 11.1 Å². The van der Waals surface area contributed by atoms with Gasteiger partial charge in [-0.2, -0.15) is 0 Å². The lowest BCUT2D eigenvalue weighted by Crippen LogP contribution is -2.44. The van der Waals surface area contributed by atoms with E-state index in [-0.39, 0.29) is 23.6 Å². The zero-order chi connectivity index (χ0) is 19.8. The molecular formula is C21H23N3O4. The molecule has 0 aromatic heterocycles. The Morgan fingerprint density at radius 3 is 2.54 bits per heavy atom. The van der Waals surface area contributed by atoms with Crippen molar-refractivity contribution in [3.63, 3.8) is 0 Å². The number of methoxy groups -OCH3 is 1. The first-order valence-electron chi connectivity index (χ1n) is 9.34. The van der Waals surface area contributed by atoms with Crippen LogP contribution in [0.15, 0.2) is 48.5 Å². The molecule has 2 aromatic rings. The van der Waals surface area contributed by atoms with Gasteiger partial charge in [0.25, 0.3) is 0 Å². The molecule has 146 valence electrons. The molecule has 0 spiro atoms. The summed E-state index contributed by atoms with van der Waals surface area (Å²) in [6.45, 7) is 2.67. The smallest absolute Gasteiger partial charge is 0.248 e. The molecule has 4 rings (SSSR count). The molecule has 0 aliphatic carbocycles. The number of likely N-dealkylation sites (N-methyl/N-ethyl adjacent to an activating group) is 1. The molecule has 7 heteroatoms. The maximum absolute atomic E-state index is 13.0.